The molecule has 0 aliphatic heterocycles. The number of alkyl halides is 3. The molecule has 0 saturated heterocycles. The Morgan fingerprint density at radius 2 is 1.76 bits per heavy atom. The van der Waals surface area contributed by atoms with Gasteiger partial charge >= 0.3 is 6.18 Å². The van der Waals surface area contributed by atoms with Gasteiger partial charge in [-0.15, -0.1) is 0 Å². The number of fused-ring (bicyclic) bond motifs is 1. The van der Waals surface area contributed by atoms with Crippen molar-refractivity contribution in [3.63, 3.8) is 0 Å². The third-order valence-corrected chi connectivity index (χ3v) is 4.90. The zero-order valence-corrected chi connectivity index (χ0v) is 15.6. The van der Waals surface area contributed by atoms with E-state index in [0.29, 0.717) is 33.5 Å². The molecule has 2 heterocycles. The molecule has 0 fully saturated rings. The van der Waals surface area contributed by atoms with Gasteiger partial charge in [-0.1, -0.05) is 29.5 Å². The van der Waals surface area contributed by atoms with Crippen LogP contribution in [-0.4, -0.2) is 15.0 Å². The lowest BCUT2D eigenvalue weighted by molar-refractivity contribution is -0.137. The summed E-state index contributed by atoms with van der Waals surface area (Å²) in [6, 6.07) is 11.6. The van der Waals surface area contributed by atoms with Crippen molar-refractivity contribution in [3.05, 3.63) is 59.9 Å². The Bertz CT molecular complexity index is 1170. The minimum atomic E-state index is -4.41. The van der Waals surface area contributed by atoms with Crippen molar-refractivity contribution in [2.45, 2.75) is 12.7 Å². The molecule has 0 aliphatic carbocycles. The average Bonchev–Trinajstić information content (AvgIpc) is 3.08. The van der Waals surface area contributed by atoms with Crippen LogP contribution in [0, 0.1) is 0 Å². The molecule has 2 aromatic carbocycles. The molecule has 2 aromatic heterocycles. The molecule has 10 heteroatoms. The molecule has 0 spiro atoms. The first kappa shape index (κ1) is 19.1. The van der Waals surface area contributed by atoms with E-state index in [1.165, 1.54) is 29.5 Å². The van der Waals surface area contributed by atoms with E-state index in [0.717, 1.165) is 16.8 Å². The summed E-state index contributed by atoms with van der Waals surface area (Å²) < 4.78 is 45.1. The Kier molecular flexibility index (Phi) is 4.81. The van der Waals surface area contributed by atoms with Gasteiger partial charge in [0.2, 0.25) is 5.88 Å². The number of hydrogen-bond acceptors (Lipinski definition) is 7. The van der Waals surface area contributed by atoms with E-state index in [1.807, 2.05) is 6.07 Å². The van der Waals surface area contributed by atoms with Gasteiger partial charge in [0.05, 0.1) is 22.5 Å². The lowest BCUT2D eigenvalue weighted by Crippen LogP contribution is -2.06. The van der Waals surface area contributed by atoms with Crippen LogP contribution < -0.4 is 16.2 Å². The second-order valence-corrected chi connectivity index (χ2v) is 7.11. The molecule has 6 nitrogen and oxygen atoms in total. The molecular formula is C19H14F3N5OS. The molecule has 0 bridgehead atoms. The van der Waals surface area contributed by atoms with Gasteiger partial charge in [-0.25, -0.2) is 9.97 Å². The Labute approximate surface area is 167 Å². The summed E-state index contributed by atoms with van der Waals surface area (Å²) in [6.45, 7) is 0.0404. The topological polar surface area (TPSA) is 99.9 Å². The highest BCUT2D eigenvalue weighted by molar-refractivity contribution is 7.22. The number of halogens is 3. The Morgan fingerprint density at radius 1 is 1.00 bits per heavy atom. The summed E-state index contributed by atoms with van der Waals surface area (Å²) >= 11 is 1.33. The number of anilines is 1. The molecule has 0 unspecified atom stereocenters. The van der Waals surface area contributed by atoms with Gasteiger partial charge in [0.25, 0.3) is 0 Å². The van der Waals surface area contributed by atoms with Crippen LogP contribution in [0.5, 0.6) is 11.6 Å². The Hall–Kier alpha value is -3.24. The zero-order valence-electron chi connectivity index (χ0n) is 14.8. The molecule has 4 rings (SSSR count). The SMILES string of the molecule is NCc1nc(Oc2cccc3sc(N)nc23)cc(-c2ccc(C(F)(F)F)cc2)n1. The third-order valence-electron chi connectivity index (χ3n) is 4.05. The van der Waals surface area contributed by atoms with Gasteiger partial charge in [0.15, 0.2) is 10.9 Å². The minimum Gasteiger partial charge on any atom is -0.437 e. The average molecular weight is 417 g/mol. The van der Waals surface area contributed by atoms with E-state index in [-0.39, 0.29) is 12.4 Å². The molecule has 0 saturated carbocycles. The van der Waals surface area contributed by atoms with Crippen molar-refractivity contribution >= 4 is 26.7 Å². The number of nitrogen functional groups attached to an aromatic ring is 1. The fraction of sp³-hybridized carbons (Fsp3) is 0.105. The van der Waals surface area contributed by atoms with Gasteiger partial charge in [-0.05, 0) is 24.3 Å². The number of nitrogens with two attached hydrogens (primary N) is 2. The normalized spacial score (nSPS) is 11.7. The maximum Gasteiger partial charge on any atom is 0.416 e. The lowest BCUT2D eigenvalue weighted by atomic mass is 10.1. The summed E-state index contributed by atoms with van der Waals surface area (Å²) in [4.78, 5) is 12.8. The van der Waals surface area contributed by atoms with Crippen LogP contribution in [-0.2, 0) is 12.7 Å². The quantitative estimate of drug-likeness (QED) is 0.503. The van der Waals surface area contributed by atoms with E-state index in [1.54, 1.807) is 12.1 Å². The van der Waals surface area contributed by atoms with E-state index >= 15 is 0 Å². The summed E-state index contributed by atoms with van der Waals surface area (Å²) in [6.07, 6.45) is -4.41. The van der Waals surface area contributed by atoms with Crippen LogP contribution in [0.4, 0.5) is 18.3 Å². The number of ether oxygens (including phenoxy) is 1. The second kappa shape index (κ2) is 7.30. The summed E-state index contributed by atoms with van der Waals surface area (Å²) in [5, 5.41) is 0.409. The molecule has 0 amide bonds. The van der Waals surface area contributed by atoms with E-state index in [4.69, 9.17) is 16.2 Å². The summed E-state index contributed by atoms with van der Waals surface area (Å²) in [5.41, 5.74) is 12.2. The van der Waals surface area contributed by atoms with Gasteiger partial charge < -0.3 is 16.2 Å². The number of benzene rings is 2. The van der Waals surface area contributed by atoms with Crippen molar-refractivity contribution in [2.75, 3.05) is 5.73 Å². The smallest absolute Gasteiger partial charge is 0.416 e. The van der Waals surface area contributed by atoms with Crippen molar-refractivity contribution < 1.29 is 17.9 Å². The highest BCUT2D eigenvalue weighted by atomic mass is 32.1. The maximum atomic E-state index is 12.8. The maximum absolute atomic E-state index is 12.8. The van der Waals surface area contributed by atoms with Crippen LogP contribution >= 0.6 is 11.3 Å². The first-order valence-electron chi connectivity index (χ1n) is 8.42. The molecule has 4 aromatic rings. The first-order chi connectivity index (χ1) is 13.8. The van der Waals surface area contributed by atoms with Crippen LogP contribution in [0.1, 0.15) is 11.4 Å². The van der Waals surface area contributed by atoms with Gasteiger partial charge in [0, 0.05) is 11.6 Å². The third kappa shape index (κ3) is 3.98. The van der Waals surface area contributed by atoms with Crippen molar-refractivity contribution in [2.24, 2.45) is 5.73 Å². The van der Waals surface area contributed by atoms with Gasteiger partial charge in [-0.3, -0.25) is 0 Å². The largest absolute Gasteiger partial charge is 0.437 e. The molecular weight excluding hydrogens is 403 g/mol. The second-order valence-electron chi connectivity index (χ2n) is 6.04. The minimum absolute atomic E-state index is 0.0404. The molecule has 4 N–H and O–H groups in total. The highest BCUT2D eigenvalue weighted by Gasteiger charge is 2.30. The number of para-hydroxylation sites is 1. The first-order valence-corrected chi connectivity index (χ1v) is 9.23. The predicted octanol–water partition coefficient (Wildman–Crippen LogP) is 4.61. The molecule has 0 atom stereocenters. The fourth-order valence-electron chi connectivity index (χ4n) is 2.73. The van der Waals surface area contributed by atoms with E-state index < -0.39 is 11.7 Å². The molecule has 148 valence electrons. The fourth-order valence-corrected chi connectivity index (χ4v) is 3.48. The van der Waals surface area contributed by atoms with Crippen LogP contribution in [0.25, 0.3) is 21.5 Å². The number of thiazole rings is 1. The van der Waals surface area contributed by atoms with Crippen LogP contribution in [0.3, 0.4) is 0 Å². The van der Waals surface area contributed by atoms with Crippen molar-refractivity contribution in [1.29, 1.82) is 0 Å². The predicted molar refractivity (Wildman–Crippen MR) is 104 cm³/mol. The van der Waals surface area contributed by atoms with E-state index in [2.05, 4.69) is 15.0 Å². The number of aromatic nitrogens is 3. The molecule has 0 radical (unpaired) electrons. The standard InChI is InChI=1S/C19H14F3N5OS/c20-19(21,22)11-6-4-10(5-7-11)12-8-16(26-15(9-23)25-12)28-13-2-1-3-14-17(13)27-18(24)29-14/h1-8H,9,23H2,(H2,24,27). The van der Waals surface area contributed by atoms with E-state index in [9.17, 15) is 13.2 Å². The zero-order chi connectivity index (χ0) is 20.6. The lowest BCUT2D eigenvalue weighted by Gasteiger charge is -2.10. The number of rotatable bonds is 4. The monoisotopic (exact) mass is 417 g/mol. The van der Waals surface area contributed by atoms with Crippen LogP contribution in [0.15, 0.2) is 48.5 Å². The van der Waals surface area contributed by atoms with Gasteiger partial charge in [-0.2, -0.15) is 18.2 Å². The Morgan fingerprint density at radius 3 is 2.45 bits per heavy atom. The van der Waals surface area contributed by atoms with Crippen LogP contribution in [0.2, 0.25) is 0 Å². The van der Waals surface area contributed by atoms with Gasteiger partial charge in [0.1, 0.15) is 11.3 Å². The Balaban J connectivity index is 1.72. The number of nitrogens with zero attached hydrogens (tertiary/aromatic N) is 3. The molecule has 29 heavy (non-hydrogen) atoms. The number of hydrogen-bond donors (Lipinski definition) is 2. The summed E-state index contributed by atoms with van der Waals surface area (Å²) in [7, 11) is 0. The van der Waals surface area contributed by atoms with Crippen molar-refractivity contribution in [1.82, 2.24) is 15.0 Å². The summed E-state index contributed by atoms with van der Waals surface area (Å²) in [5.74, 6) is 0.951. The molecule has 0 aliphatic rings. The highest BCUT2D eigenvalue weighted by Crippen LogP contribution is 2.34. The van der Waals surface area contributed by atoms with Crippen molar-refractivity contribution in [3.8, 4) is 22.9 Å².